The van der Waals surface area contributed by atoms with E-state index in [-0.39, 0.29) is 31.3 Å². The maximum absolute atomic E-state index is 13.2. The topological polar surface area (TPSA) is 419 Å². The van der Waals surface area contributed by atoms with Gasteiger partial charge in [-0.15, -0.1) is 0 Å². The number of ether oxygens (including phenoxy) is 2. The van der Waals surface area contributed by atoms with E-state index in [0.717, 1.165) is 11.1 Å². The quantitative estimate of drug-likeness (QED) is 0.0845. The molecule has 2 aromatic carbocycles. The Balaban J connectivity index is 0.000000361. The van der Waals surface area contributed by atoms with Crippen LogP contribution < -0.4 is 28.3 Å². The molecule has 3 aliphatic rings. The largest absolute Gasteiger partial charge is 0.480 e. The molecule has 3 heterocycles. The van der Waals surface area contributed by atoms with Crippen molar-refractivity contribution in [1.29, 1.82) is 0 Å². The van der Waals surface area contributed by atoms with Gasteiger partial charge < -0.3 is 78.2 Å². The number of carbonyl (C=O) groups excluding carboxylic acids is 7. The first-order valence-corrected chi connectivity index (χ1v) is 23.7. The molecule has 73 heavy (non-hydrogen) atoms. The highest BCUT2D eigenvalue weighted by Crippen LogP contribution is 2.28. The van der Waals surface area contributed by atoms with Crippen LogP contribution in [-0.4, -0.2) is 179 Å². The number of nitrogens with zero attached hydrogens (tertiary/aromatic N) is 3. The molecule has 0 saturated carbocycles. The summed E-state index contributed by atoms with van der Waals surface area (Å²) in [6.07, 6.45) is -2.43. The number of nitrogens with two attached hydrogens (primary N) is 4. The number of amides is 6. The van der Waals surface area contributed by atoms with Crippen molar-refractivity contribution in [2.45, 2.75) is 147 Å². The van der Waals surface area contributed by atoms with Gasteiger partial charge >= 0.3 is 24.1 Å². The maximum atomic E-state index is 13.2. The molecular formula is C48H72N8O17. The smallest absolute Gasteiger partial charge is 0.410 e. The number of aliphatic carboxylic acids is 2. The van der Waals surface area contributed by atoms with Crippen molar-refractivity contribution >= 4 is 53.5 Å². The van der Waals surface area contributed by atoms with Gasteiger partial charge in [-0.2, -0.15) is 0 Å². The normalized spacial score (nSPS) is 20.2. The number of hydrogen-bond donors (Lipinski definition) is 11. The van der Waals surface area contributed by atoms with Gasteiger partial charge in [0.05, 0.1) is 36.4 Å². The first-order chi connectivity index (χ1) is 34.3. The standard InChI is InChI=1S/C19H32N4O6.C13H15NO4.C12H15NO5.C4H10N2O2/c1-10(24)12(17(21)27)9-15(26)13-5-3-7-22(13)18(28)14-6-4-8-23(14)19(29)16(20)11(2)25;15-12(16)11-7-4-8-14(11)13(17)18-9-10-5-2-1-3-6-10;1-8(14)10(11(15)16)13-12(17)18-7-9-5-3-2-4-6-9;1-2(7)3(5)4(6)8/h10-14,16,24-25H,3-9,20H2,1-2H3,(H2,21,27);1-3,5-6,11H,4,7-9H2,(H,15,16);2-6,8,10,14H,7H2,1H3,(H,13,17)(H,15,16);2-3,7H,5H2,1H3,(H2,6,8)/t10-,11-,12+,13-,14-,16+;11-;8-,10+;2-,3+/m1111/s1. The second-order valence-electron chi connectivity index (χ2n) is 17.7. The number of hydrogen-bond acceptors (Lipinski definition) is 17. The highest BCUT2D eigenvalue weighted by atomic mass is 16.6. The van der Waals surface area contributed by atoms with Crippen LogP contribution >= 0.6 is 0 Å². The van der Waals surface area contributed by atoms with E-state index in [9.17, 15) is 53.4 Å². The molecule has 0 spiro atoms. The van der Waals surface area contributed by atoms with Crippen LogP contribution in [0.25, 0.3) is 0 Å². The Morgan fingerprint density at radius 3 is 1.49 bits per heavy atom. The zero-order valence-electron chi connectivity index (χ0n) is 41.4. The van der Waals surface area contributed by atoms with Crippen LogP contribution in [0, 0.1) is 5.92 Å². The van der Waals surface area contributed by atoms with E-state index in [1.54, 1.807) is 24.3 Å². The molecule has 25 heteroatoms. The van der Waals surface area contributed by atoms with Gasteiger partial charge in [0, 0.05) is 26.1 Å². The third-order valence-electron chi connectivity index (χ3n) is 12.0. The fraction of sp³-hybridized carbons (Fsp3) is 0.562. The second kappa shape index (κ2) is 31.0. The third kappa shape index (κ3) is 20.3. The number of Topliss-reactive ketones (excluding diaryl/α,β-unsaturated/α-hetero) is 1. The molecule has 0 aromatic heterocycles. The number of carbonyl (C=O) groups is 9. The van der Waals surface area contributed by atoms with Crippen molar-refractivity contribution in [2.24, 2.45) is 28.9 Å². The van der Waals surface area contributed by atoms with Crippen molar-refractivity contribution in [2.75, 3.05) is 19.6 Å². The van der Waals surface area contributed by atoms with E-state index in [1.807, 2.05) is 36.4 Å². The molecule has 406 valence electrons. The Morgan fingerprint density at radius 1 is 0.603 bits per heavy atom. The summed E-state index contributed by atoms with van der Waals surface area (Å²) in [4.78, 5) is 109. The van der Waals surface area contributed by atoms with Crippen molar-refractivity contribution in [3.05, 3.63) is 71.8 Å². The number of aliphatic hydroxyl groups is 4. The zero-order chi connectivity index (χ0) is 55.1. The van der Waals surface area contributed by atoms with Crippen LogP contribution in [0.15, 0.2) is 60.7 Å². The van der Waals surface area contributed by atoms with E-state index >= 15 is 0 Å². The van der Waals surface area contributed by atoms with E-state index in [2.05, 4.69) is 5.32 Å². The maximum Gasteiger partial charge on any atom is 0.410 e. The molecule has 0 aliphatic carbocycles. The Labute approximate surface area is 422 Å². The van der Waals surface area contributed by atoms with Crippen molar-refractivity contribution in [3.63, 3.8) is 0 Å². The van der Waals surface area contributed by atoms with Crippen LogP contribution in [0.3, 0.4) is 0 Å². The van der Waals surface area contributed by atoms with Gasteiger partial charge in [-0.25, -0.2) is 19.2 Å². The molecule has 3 fully saturated rings. The van der Waals surface area contributed by atoms with Crippen molar-refractivity contribution in [3.8, 4) is 0 Å². The minimum atomic E-state index is -1.38. The number of likely N-dealkylation sites (tertiary alicyclic amines) is 3. The number of ketones is 1. The van der Waals surface area contributed by atoms with Crippen LogP contribution in [0.1, 0.15) is 83.8 Å². The van der Waals surface area contributed by atoms with Gasteiger partial charge in [0.25, 0.3) is 0 Å². The summed E-state index contributed by atoms with van der Waals surface area (Å²) in [5, 5.41) is 56.8. The van der Waals surface area contributed by atoms with Crippen LogP contribution in [-0.2, 0) is 56.2 Å². The number of aliphatic hydroxyl groups excluding tert-OH is 4. The number of alkyl carbamates (subject to hydrolysis) is 1. The lowest BCUT2D eigenvalue weighted by atomic mass is 9.92. The molecule has 0 unspecified atom stereocenters. The van der Waals surface area contributed by atoms with Crippen molar-refractivity contribution < 1.29 is 83.3 Å². The Morgan fingerprint density at radius 2 is 1.07 bits per heavy atom. The van der Waals surface area contributed by atoms with Gasteiger partial charge in [0.1, 0.15) is 37.4 Å². The summed E-state index contributed by atoms with van der Waals surface area (Å²) >= 11 is 0. The van der Waals surface area contributed by atoms with E-state index in [1.165, 1.54) is 42.4 Å². The molecule has 25 nitrogen and oxygen atoms in total. The number of carboxylic acid groups (broad SMARTS) is 2. The summed E-state index contributed by atoms with van der Waals surface area (Å²) in [6.45, 7) is 6.91. The molecular weight excluding hydrogens is 961 g/mol. The summed E-state index contributed by atoms with van der Waals surface area (Å²) in [5.41, 5.74) is 22.5. The first kappa shape index (κ1) is 62.3. The molecule has 3 saturated heterocycles. The van der Waals surface area contributed by atoms with Crippen LogP contribution in [0.4, 0.5) is 9.59 Å². The molecule has 2 aromatic rings. The third-order valence-corrected chi connectivity index (χ3v) is 12.0. The summed E-state index contributed by atoms with van der Waals surface area (Å²) < 4.78 is 9.95. The fourth-order valence-electron chi connectivity index (χ4n) is 7.67. The lowest BCUT2D eigenvalue weighted by molar-refractivity contribution is -0.148. The number of benzene rings is 2. The van der Waals surface area contributed by atoms with Gasteiger partial charge in [0.15, 0.2) is 11.8 Å². The number of nitrogens with one attached hydrogen (secondary N) is 1. The molecule has 0 radical (unpaired) electrons. The average Bonchev–Trinajstić information content (AvgIpc) is 4.16. The zero-order valence-corrected chi connectivity index (χ0v) is 41.4. The Kier molecular flexibility index (Phi) is 26.4. The number of rotatable bonds is 18. The lowest BCUT2D eigenvalue weighted by Crippen LogP contribution is -2.56. The summed E-state index contributed by atoms with van der Waals surface area (Å²) in [7, 11) is 0. The molecule has 3 aliphatic heterocycles. The van der Waals surface area contributed by atoms with Gasteiger partial charge in [0.2, 0.25) is 23.6 Å². The number of carboxylic acids is 2. The highest BCUT2D eigenvalue weighted by molar-refractivity contribution is 5.96. The first-order valence-electron chi connectivity index (χ1n) is 23.7. The van der Waals surface area contributed by atoms with E-state index in [0.29, 0.717) is 58.2 Å². The molecule has 0 bridgehead atoms. The molecule has 11 atom stereocenters. The van der Waals surface area contributed by atoms with E-state index in [4.69, 9.17) is 52.8 Å². The monoisotopic (exact) mass is 1030 g/mol. The van der Waals surface area contributed by atoms with Gasteiger partial charge in [-0.1, -0.05) is 60.7 Å². The van der Waals surface area contributed by atoms with Crippen LogP contribution in [0.5, 0.6) is 0 Å². The highest BCUT2D eigenvalue weighted by Gasteiger charge is 2.44. The lowest BCUT2D eigenvalue weighted by Gasteiger charge is -2.32. The SMILES string of the molecule is C[C@@H](O)[C@H](N)C(=O)N1CCC[C@@H]1C(=O)N1CCC[C@@H]1C(=O)C[C@H](C(N)=O)[C@@H](C)O.C[C@@H](O)[C@H](N)C(N)=O.C[C@@H](O)[C@H](NC(=O)OCc1ccccc1)C(=O)O.O=C(O)[C@H]1CCCN1C(=O)OCc1ccccc1. The second-order valence-corrected chi connectivity index (χ2v) is 17.7. The molecule has 6 amide bonds. The molecule has 5 rings (SSSR count). The predicted molar refractivity (Wildman–Crippen MR) is 259 cm³/mol. The minimum Gasteiger partial charge on any atom is -0.480 e. The van der Waals surface area contributed by atoms with Gasteiger partial charge in [-0.05, 0) is 77.3 Å². The Bertz CT molecular complexity index is 2120. The van der Waals surface area contributed by atoms with E-state index < -0.39 is 108 Å². The average molecular weight is 1030 g/mol. The van der Waals surface area contributed by atoms with Crippen LogP contribution in [0.2, 0.25) is 0 Å². The minimum absolute atomic E-state index is 0.0405. The van der Waals surface area contributed by atoms with Crippen molar-refractivity contribution in [1.82, 2.24) is 20.0 Å². The Hall–Kier alpha value is -6.77. The predicted octanol–water partition coefficient (Wildman–Crippen LogP) is -1.08. The summed E-state index contributed by atoms with van der Waals surface area (Å²) in [6, 6.07) is 12.7. The fourth-order valence-corrected chi connectivity index (χ4v) is 7.67. The summed E-state index contributed by atoms with van der Waals surface area (Å²) in [5.74, 6) is -5.86. The molecule has 15 N–H and O–H groups in total. The number of primary amides is 2. The van der Waals surface area contributed by atoms with Gasteiger partial charge in [-0.3, -0.25) is 28.9 Å².